The Balaban J connectivity index is 2.78. The molecule has 0 aliphatic carbocycles. The zero-order valence-corrected chi connectivity index (χ0v) is 11.4. The summed E-state index contributed by atoms with van der Waals surface area (Å²) in [6.45, 7) is 5.54. The summed E-state index contributed by atoms with van der Waals surface area (Å²) in [6, 6.07) is 2.95. The fourth-order valence-electron chi connectivity index (χ4n) is 1.84. The second kappa shape index (κ2) is 4.90. The predicted molar refractivity (Wildman–Crippen MR) is 73.2 cm³/mol. The van der Waals surface area contributed by atoms with Crippen LogP contribution in [-0.4, -0.2) is 9.55 Å². The molecule has 0 saturated carbocycles. The van der Waals surface area contributed by atoms with Crippen molar-refractivity contribution >= 4 is 23.1 Å². The Morgan fingerprint density at radius 3 is 2.65 bits per heavy atom. The van der Waals surface area contributed by atoms with Crippen LogP contribution in [0.4, 0.5) is 13.2 Å². The minimum Gasteiger partial charge on any atom is -0.332 e. The fraction of sp³-hybridized carbons (Fsp3) is 0.231. The first kappa shape index (κ1) is 14.5. The number of nitrogens with zero attached hydrogens (tertiary/aromatic N) is 1. The molecule has 0 bridgehead atoms. The van der Waals surface area contributed by atoms with E-state index in [1.54, 1.807) is 6.92 Å². The van der Waals surface area contributed by atoms with Crippen molar-refractivity contribution < 1.29 is 13.2 Å². The van der Waals surface area contributed by atoms with Crippen molar-refractivity contribution in [3.63, 3.8) is 0 Å². The molecule has 1 heterocycles. The molecule has 0 aliphatic rings. The van der Waals surface area contributed by atoms with E-state index in [9.17, 15) is 18.0 Å². The normalized spacial score (nSPS) is 11.8. The lowest BCUT2D eigenvalue weighted by molar-refractivity contribution is -0.137. The van der Waals surface area contributed by atoms with Gasteiger partial charge in [-0.05, 0) is 37.3 Å². The summed E-state index contributed by atoms with van der Waals surface area (Å²) in [5, 5.41) is -0.0466. The number of alkyl halides is 3. The zero-order chi connectivity index (χ0) is 15.1. The Kier molecular flexibility index (Phi) is 3.56. The predicted octanol–water partition coefficient (Wildman–Crippen LogP) is 3.65. The molecule has 20 heavy (non-hydrogen) atoms. The van der Waals surface area contributed by atoms with E-state index >= 15 is 0 Å². The third-order valence-electron chi connectivity index (χ3n) is 2.74. The van der Waals surface area contributed by atoms with Gasteiger partial charge in [0.2, 0.25) is 0 Å². The molecular weight excluding hydrogens is 289 g/mol. The summed E-state index contributed by atoms with van der Waals surface area (Å²) in [5.41, 5.74) is -0.462. The molecule has 0 atom stereocenters. The van der Waals surface area contributed by atoms with Gasteiger partial charge in [0.15, 0.2) is 4.77 Å². The van der Waals surface area contributed by atoms with Crippen molar-refractivity contribution in [2.45, 2.75) is 19.6 Å². The van der Waals surface area contributed by atoms with Gasteiger partial charge in [-0.1, -0.05) is 12.2 Å². The number of halogens is 3. The first-order valence-electron chi connectivity index (χ1n) is 5.68. The van der Waals surface area contributed by atoms with Crippen LogP contribution < -0.4 is 5.56 Å². The number of hydrogen-bond donors (Lipinski definition) is 1. The average molecular weight is 300 g/mol. The zero-order valence-electron chi connectivity index (χ0n) is 10.5. The summed E-state index contributed by atoms with van der Waals surface area (Å²) in [4.78, 5) is 15.0. The molecule has 2 aromatic rings. The Hall–Kier alpha value is -1.89. The van der Waals surface area contributed by atoms with Gasteiger partial charge < -0.3 is 4.98 Å². The number of aromatic amines is 1. The van der Waals surface area contributed by atoms with Gasteiger partial charge in [0.25, 0.3) is 5.56 Å². The number of benzene rings is 1. The molecule has 0 saturated heterocycles. The maximum atomic E-state index is 12.7. The van der Waals surface area contributed by atoms with E-state index in [2.05, 4.69) is 11.6 Å². The van der Waals surface area contributed by atoms with Crippen molar-refractivity contribution in [1.82, 2.24) is 9.55 Å². The Labute approximate surface area is 117 Å². The minimum absolute atomic E-state index is 0.0466. The largest absolute Gasteiger partial charge is 0.416 e. The molecule has 1 aromatic carbocycles. The first-order valence-corrected chi connectivity index (χ1v) is 6.09. The molecule has 1 N–H and O–H groups in total. The third kappa shape index (κ3) is 2.67. The molecule has 0 aliphatic heterocycles. The highest BCUT2D eigenvalue weighted by molar-refractivity contribution is 7.71. The van der Waals surface area contributed by atoms with E-state index in [0.29, 0.717) is 5.57 Å². The van der Waals surface area contributed by atoms with Gasteiger partial charge in [-0.25, -0.2) is 0 Å². The van der Waals surface area contributed by atoms with Crippen LogP contribution in [0.3, 0.4) is 0 Å². The van der Waals surface area contributed by atoms with Crippen molar-refractivity contribution in [3.8, 4) is 0 Å². The van der Waals surface area contributed by atoms with Gasteiger partial charge in [0.1, 0.15) is 0 Å². The molecular formula is C13H11F3N2OS. The molecule has 0 spiro atoms. The molecule has 2 rings (SSSR count). The second-order valence-corrected chi connectivity index (χ2v) is 4.92. The van der Waals surface area contributed by atoms with E-state index in [4.69, 9.17) is 12.2 Å². The molecule has 0 unspecified atom stereocenters. The van der Waals surface area contributed by atoms with Crippen LogP contribution in [0.5, 0.6) is 0 Å². The molecule has 3 nitrogen and oxygen atoms in total. The summed E-state index contributed by atoms with van der Waals surface area (Å²) in [7, 11) is 0. The van der Waals surface area contributed by atoms with Crippen LogP contribution in [0.25, 0.3) is 10.9 Å². The molecule has 0 radical (unpaired) electrons. The van der Waals surface area contributed by atoms with Crippen molar-refractivity contribution in [1.29, 1.82) is 0 Å². The van der Waals surface area contributed by atoms with Crippen LogP contribution >= 0.6 is 12.2 Å². The van der Waals surface area contributed by atoms with Crippen LogP contribution in [0.2, 0.25) is 0 Å². The average Bonchev–Trinajstić information content (AvgIpc) is 2.32. The summed E-state index contributed by atoms with van der Waals surface area (Å²) in [6.07, 6.45) is -4.49. The van der Waals surface area contributed by atoms with E-state index in [0.717, 1.165) is 12.1 Å². The van der Waals surface area contributed by atoms with Gasteiger partial charge in [0.05, 0.1) is 16.5 Å². The lowest BCUT2D eigenvalue weighted by atomic mass is 10.1. The lowest BCUT2D eigenvalue weighted by Crippen LogP contribution is -2.23. The summed E-state index contributed by atoms with van der Waals surface area (Å²) in [5.74, 6) is 0. The van der Waals surface area contributed by atoms with Crippen molar-refractivity contribution in [2.24, 2.45) is 0 Å². The highest BCUT2D eigenvalue weighted by Gasteiger charge is 2.30. The van der Waals surface area contributed by atoms with Gasteiger partial charge >= 0.3 is 6.18 Å². The molecule has 7 heteroatoms. The molecule has 0 amide bonds. The third-order valence-corrected chi connectivity index (χ3v) is 3.06. The highest BCUT2D eigenvalue weighted by Crippen LogP contribution is 2.30. The maximum absolute atomic E-state index is 12.7. The van der Waals surface area contributed by atoms with Crippen molar-refractivity contribution in [3.05, 3.63) is 51.0 Å². The van der Waals surface area contributed by atoms with Crippen LogP contribution in [0, 0.1) is 4.77 Å². The summed E-state index contributed by atoms with van der Waals surface area (Å²) >= 11 is 5.04. The van der Waals surface area contributed by atoms with E-state index in [1.165, 1.54) is 10.6 Å². The van der Waals surface area contributed by atoms with Crippen LogP contribution in [0.15, 0.2) is 35.1 Å². The number of aromatic nitrogens is 2. The van der Waals surface area contributed by atoms with Gasteiger partial charge in [-0.2, -0.15) is 13.2 Å². The van der Waals surface area contributed by atoms with E-state index in [-0.39, 0.29) is 22.2 Å². The summed E-state index contributed by atoms with van der Waals surface area (Å²) < 4.78 is 39.4. The lowest BCUT2D eigenvalue weighted by Gasteiger charge is -2.10. The van der Waals surface area contributed by atoms with Gasteiger partial charge in [-0.15, -0.1) is 0 Å². The quantitative estimate of drug-likeness (QED) is 0.679. The number of allylic oxidation sites excluding steroid dienone is 1. The topological polar surface area (TPSA) is 37.8 Å². The van der Waals surface area contributed by atoms with Crippen LogP contribution in [-0.2, 0) is 12.7 Å². The van der Waals surface area contributed by atoms with Crippen molar-refractivity contribution in [2.75, 3.05) is 0 Å². The molecule has 106 valence electrons. The van der Waals surface area contributed by atoms with E-state index in [1.807, 2.05) is 0 Å². The Morgan fingerprint density at radius 2 is 2.10 bits per heavy atom. The SMILES string of the molecule is C=C(C)Cn1c(=S)[nH]c2ccc(C(F)(F)F)cc2c1=O. The van der Waals surface area contributed by atoms with Crippen LogP contribution in [0.1, 0.15) is 12.5 Å². The monoisotopic (exact) mass is 300 g/mol. The van der Waals surface area contributed by atoms with Gasteiger partial charge in [0, 0.05) is 6.54 Å². The standard InChI is InChI=1S/C13H11F3N2OS/c1-7(2)6-18-11(19)9-5-8(13(14,15)16)3-4-10(9)17-12(18)20/h3-5H,1,6H2,2H3,(H,17,20). The fourth-order valence-corrected chi connectivity index (χ4v) is 2.10. The highest BCUT2D eigenvalue weighted by atomic mass is 32.1. The van der Waals surface area contributed by atoms with Gasteiger partial charge in [-0.3, -0.25) is 9.36 Å². The number of H-pyrrole nitrogens is 1. The number of hydrogen-bond acceptors (Lipinski definition) is 2. The maximum Gasteiger partial charge on any atom is 0.416 e. The number of nitrogens with one attached hydrogen (secondary N) is 1. The molecule has 0 fully saturated rings. The number of rotatable bonds is 2. The molecule has 1 aromatic heterocycles. The Bertz CT molecular complexity index is 802. The minimum atomic E-state index is -4.49. The van der Waals surface area contributed by atoms with E-state index < -0.39 is 17.3 Å². The smallest absolute Gasteiger partial charge is 0.332 e. The number of fused-ring (bicyclic) bond motifs is 1. The Morgan fingerprint density at radius 1 is 1.45 bits per heavy atom. The first-order chi connectivity index (χ1) is 9.20. The second-order valence-electron chi connectivity index (χ2n) is 4.54.